The molecule has 1 heterocycles. The van der Waals surface area contributed by atoms with Crippen molar-refractivity contribution < 1.29 is 24.2 Å². The average molecular weight is 481 g/mol. The third-order valence-electron chi connectivity index (χ3n) is 5.44. The molecular formula is C24H24N4O5S. The first kappa shape index (κ1) is 23.4. The van der Waals surface area contributed by atoms with Gasteiger partial charge in [0.05, 0.1) is 5.75 Å². The summed E-state index contributed by atoms with van der Waals surface area (Å²) in [6.45, 7) is 0.488. The topological polar surface area (TPSA) is 123 Å². The third kappa shape index (κ3) is 5.23. The van der Waals surface area contributed by atoms with Crippen LogP contribution in [0.25, 0.3) is 11.1 Å². The Morgan fingerprint density at radius 2 is 1.74 bits per heavy atom. The highest BCUT2D eigenvalue weighted by Gasteiger charge is 2.29. The quantitative estimate of drug-likeness (QED) is 0.402. The molecule has 0 atom stereocenters. The minimum Gasteiger partial charge on any atom is -0.481 e. The van der Waals surface area contributed by atoms with E-state index in [1.165, 1.54) is 22.5 Å². The monoisotopic (exact) mass is 480 g/mol. The third-order valence-corrected chi connectivity index (χ3v) is 6.39. The second-order valence-electron chi connectivity index (χ2n) is 7.69. The summed E-state index contributed by atoms with van der Waals surface area (Å²) < 4.78 is 6.92. The van der Waals surface area contributed by atoms with Gasteiger partial charge in [-0.25, -0.2) is 4.79 Å². The number of carbonyl (C=O) groups excluding carboxylic acids is 2. The lowest BCUT2D eigenvalue weighted by molar-refractivity contribution is -0.133. The maximum absolute atomic E-state index is 12.5. The number of carboxylic acids is 1. The maximum atomic E-state index is 12.5. The molecule has 1 aliphatic carbocycles. The summed E-state index contributed by atoms with van der Waals surface area (Å²) in [5, 5.41) is 18.1. The number of hydrogen-bond acceptors (Lipinski definition) is 6. The standard InChI is InChI=1S/C24H24N4O5S/c1-28-21(12-20(27-28)23(31)25-10-11-34-14-22(29)30)26-24(32)33-13-19-17-8-4-2-6-15(17)16-7-3-5-9-18(16)19/h2-9,12,19H,10-11,13-14H2,1H3,(H,25,31)(H,26,32)(H,29,30). The summed E-state index contributed by atoms with van der Waals surface area (Å²) in [4.78, 5) is 35.3. The van der Waals surface area contributed by atoms with Gasteiger partial charge in [-0.15, -0.1) is 11.8 Å². The molecule has 0 unspecified atom stereocenters. The molecule has 0 fully saturated rings. The van der Waals surface area contributed by atoms with Crippen molar-refractivity contribution in [1.82, 2.24) is 15.1 Å². The molecule has 9 nitrogen and oxygen atoms in total. The number of ether oxygens (including phenoxy) is 1. The largest absolute Gasteiger partial charge is 0.481 e. The van der Waals surface area contributed by atoms with E-state index in [1.54, 1.807) is 7.05 Å². The van der Waals surface area contributed by atoms with Gasteiger partial charge in [-0.1, -0.05) is 48.5 Å². The van der Waals surface area contributed by atoms with E-state index in [1.807, 2.05) is 36.4 Å². The molecule has 10 heteroatoms. The van der Waals surface area contributed by atoms with Crippen molar-refractivity contribution in [2.24, 2.45) is 7.05 Å². The number of thioether (sulfide) groups is 1. The average Bonchev–Trinajstić information content (AvgIpc) is 3.35. The minimum absolute atomic E-state index is 0.0202. The number of benzene rings is 2. The summed E-state index contributed by atoms with van der Waals surface area (Å²) in [7, 11) is 1.61. The molecule has 3 N–H and O–H groups in total. The van der Waals surface area contributed by atoms with E-state index in [0.29, 0.717) is 18.1 Å². The van der Waals surface area contributed by atoms with Crippen LogP contribution in [-0.4, -0.2) is 57.5 Å². The van der Waals surface area contributed by atoms with Crippen LogP contribution in [0.15, 0.2) is 54.6 Å². The van der Waals surface area contributed by atoms with Crippen molar-refractivity contribution in [3.63, 3.8) is 0 Å². The van der Waals surface area contributed by atoms with E-state index in [2.05, 4.69) is 27.9 Å². The number of nitrogens with one attached hydrogen (secondary N) is 2. The molecule has 0 aliphatic heterocycles. The highest BCUT2D eigenvalue weighted by atomic mass is 32.2. The van der Waals surface area contributed by atoms with E-state index in [9.17, 15) is 14.4 Å². The second kappa shape index (κ2) is 10.4. The molecule has 3 aromatic rings. The van der Waals surface area contributed by atoms with Gasteiger partial charge in [0.2, 0.25) is 0 Å². The van der Waals surface area contributed by atoms with Gasteiger partial charge in [0.25, 0.3) is 5.91 Å². The van der Waals surface area contributed by atoms with E-state index >= 15 is 0 Å². The number of nitrogens with zero attached hydrogens (tertiary/aromatic N) is 2. The van der Waals surface area contributed by atoms with Crippen molar-refractivity contribution in [2.45, 2.75) is 5.92 Å². The normalized spacial score (nSPS) is 12.0. The van der Waals surface area contributed by atoms with Crippen LogP contribution < -0.4 is 10.6 Å². The Morgan fingerprint density at radius 1 is 1.09 bits per heavy atom. The van der Waals surface area contributed by atoms with Gasteiger partial charge < -0.3 is 15.2 Å². The Bertz CT molecular complexity index is 1180. The van der Waals surface area contributed by atoms with Crippen LogP contribution in [0.5, 0.6) is 0 Å². The fourth-order valence-electron chi connectivity index (χ4n) is 3.92. The molecule has 176 valence electrons. The molecular weight excluding hydrogens is 456 g/mol. The predicted octanol–water partition coefficient (Wildman–Crippen LogP) is 3.33. The first-order valence-corrected chi connectivity index (χ1v) is 11.8. The molecule has 0 saturated carbocycles. The van der Waals surface area contributed by atoms with Gasteiger partial charge in [-0.3, -0.25) is 19.6 Å². The molecule has 1 aliphatic rings. The van der Waals surface area contributed by atoms with E-state index in [-0.39, 0.29) is 24.0 Å². The summed E-state index contributed by atoms with van der Waals surface area (Å²) >= 11 is 1.21. The van der Waals surface area contributed by atoms with Crippen molar-refractivity contribution in [2.75, 3.05) is 30.0 Å². The first-order chi connectivity index (χ1) is 16.4. The van der Waals surface area contributed by atoms with Gasteiger partial charge >= 0.3 is 12.1 Å². The zero-order chi connectivity index (χ0) is 24.1. The number of aryl methyl sites for hydroxylation is 1. The van der Waals surface area contributed by atoms with Gasteiger partial charge in [0.1, 0.15) is 12.4 Å². The lowest BCUT2D eigenvalue weighted by Gasteiger charge is -2.14. The molecule has 2 amide bonds. The number of carbonyl (C=O) groups is 3. The zero-order valence-corrected chi connectivity index (χ0v) is 19.3. The van der Waals surface area contributed by atoms with Gasteiger partial charge in [0.15, 0.2) is 5.69 Å². The summed E-state index contributed by atoms with van der Waals surface area (Å²) in [5.41, 5.74) is 4.68. The minimum atomic E-state index is -0.898. The molecule has 0 saturated heterocycles. The Morgan fingerprint density at radius 3 is 2.38 bits per heavy atom. The highest BCUT2D eigenvalue weighted by Crippen LogP contribution is 2.44. The van der Waals surface area contributed by atoms with Gasteiger partial charge in [0, 0.05) is 31.3 Å². The van der Waals surface area contributed by atoms with Crippen LogP contribution in [0.2, 0.25) is 0 Å². The molecule has 0 bridgehead atoms. The first-order valence-electron chi connectivity index (χ1n) is 10.7. The number of fused-ring (bicyclic) bond motifs is 3. The molecule has 4 rings (SSSR count). The van der Waals surface area contributed by atoms with Crippen LogP contribution in [0.3, 0.4) is 0 Å². The van der Waals surface area contributed by atoms with Crippen molar-refractivity contribution in [1.29, 1.82) is 0 Å². The summed E-state index contributed by atoms with van der Waals surface area (Å²) in [5.74, 6) is -0.589. The van der Waals surface area contributed by atoms with Crippen LogP contribution in [0, 0.1) is 0 Å². The van der Waals surface area contributed by atoms with E-state index < -0.39 is 18.0 Å². The number of hydrogen-bond donors (Lipinski definition) is 3. The molecule has 1 aromatic heterocycles. The van der Waals surface area contributed by atoms with Crippen molar-refractivity contribution in [3.8, 4) is 11.1 Å². The molecule has 34 heavy (non-hydrogen) atoms. The summed E-state index contributed by atoms with van der Waals surface area (Å²) in [6.07, 6.45) is -0.637. The molecule has 2 aromatic carbocycles. The Hall–Kier alpha value is -3.79. The number of rotatable bonds is 9. The fraction of sp³-hybridized carbons (Fsp3) is 0.250. The molecule has 0 spiro atoms. The van der Waals surface area contributed by atoms with Gasteiger partial charge in [-0.05, 0) is 22.3 Å². The summed E-state index contributed by atoms with van der Waals surface area (Å²) in [6, 6.07) is 17.6. The number of carboxylic acid groups (broad SMARTS) is 1. The van der Waals surface area contributed by atoms with Gasteiger partial charge in [-0.2, -0.15) is 5.10 Å². The van der Waals surface area contributed by atoms with Crippen molar-refractivity contribution in [3.05, 3.63) is 71.4 Å². The fourth-order valence-corrected chi connectivity index (χ4v) is 4.49. The number of amides is 2. The smallest absolute Gasteiger partial charge is 0.412 e. The maximum Gasteiger partial charge on any atom is 0.412 e. The Labute approximate surface area is 200 Å². The molecule has 0 radical (unpaired) electrons. The van der Waals surface area contributed by atoms with Crippen LogP contribution in [-0.2, 0) is 16.6 Å². The van der Waals surface area contributed by atoms with E-state index in [4.69, 9.17) is 9.84 Å². The van der Waals surface area contributed by atoms with Crippen LogP contribution >= 0.6 is 11.8 Å². The lowest BCUT2D eigenvalue weighted by Crippen LogP contribution is -2.26. The second-order valence-corrected chi connectivity index (χ2v) is 8.80. The van der Waals surface area contributed by atoms with Crippen molar-refractivity contribution >= 4 is 35.5 Å². The lowest BCUT2D eigenvalue weighted by atomic mass is 9.98. The SMILES string of the molecule is Cn1nc(C(=O)NCCSCC(=O)O)cc1NC(=O)OCC1c2ccccc2-c2ccccc21. The van der Waals surface area contributed by atoms with Crippen LogP contribution in [0.4, 0.5) is 10.6 Å². The number of aromatic nitrogens is 2. The number of aliphatic carboxylic acids is 1. The Balaban J connectivity index is 1.32. The van der Waals surface area contributed by atoms with Crippen LogP contribution in [0.1, 0.15) is 27.5 Å². The van der Waals surface area contributed by atoms with E-state index in [0.717, 1.165) is 22.3 Å². The zero-order valence-electron chi connectivity index (χ0n) is 18.5. The predicted molar refractivity (Wildman–Crippen MR) is 129 cm³/mol. The highest BCUT2D eigenvalue weighted by molar-refractivity contribution is 7.99. The Kier molecular flexibility index (Phi) is 7.17. The number of anilines is 1.